The average molecular weight is 471 g/mol. The highest BCUT2D eigenvalue weighted by atomic mass is 32.2. The molecule has 0 aliphatic carbocycles. The largest absolute Gasteiger partial charge is 0.457 e. The van der Waals surface area contributed by atoms with E-state index in [9.17, 15) is 22.4 Å². The molecule has 0 aliphatic heterocycles. The van der Waals surface area contributed by atoms with Crippen LogP contribution in [0.2, 0.25) is 0 Å². The summed E-state index contributed by atoms with van der Waals surface area (Å²) in [4.78, 5) is 23.5. The van der Waals surface area contributed by atoms with E-state index in [1.54, 1.807) is 24.3 Å². The summed E-state index contributed by atoms with van der Waals surface area (Å²) in [6.07, 6.45) is -0.0443. The molecule has 172 valence electrons. The van der Waals surface area contributed by atoms with Crippen LogP contribution in [0.1, 0.15) is 29.3 Å². The summed E-state index contributed by atoms with van der Waals surface area (Å²) in [5.74, 6) is 0.180. The summed E-state index contributed by atoms with van der Waals surface area (Å²) in [5.41, 5.74) is 1.13. The first-order valence-electron chi connectivity index (χ1n) is 10.1. The van der Waals surface area contributed by atoms with Crippen molar-refractivity contribution in [3.8, 4) is 11.5 Å². The fourth-order valence-corrected chi connectivity index (χ4v) is 3.94. The second-order valence-corrected chi connectivity index (χ2v) is 8.98. The van der Waals surface area contributed by atoms with E-state index in [1.807, 2.05) is 0 Å². The summed E-state index contributed by atoms with van der Waals surface area (Å²) in [6, 6.07) is 18.4. The number of benzene rings is 3. The number of hydrogen-bond donors (Lipinski definition) is 2. The average Bonchev–Trinajstić information content (AvgIpc) is 2.80. The fourth-order valence-electron chi connectivity index (χ4n) is 2.87. The van der Waals surface area contributed by atoms with Crippen molar-refractivity contribution < 1.29 is 27.1 Å². The van der Waals surface area contributed by atoms with Crippen LogP contribution >= 0.6 is 0 Å². The molecule has 0 saturated carbocycles. The van der Waals surface area contributed by atoms with Crippen molar-refractivity contribution in [2.24, 2.45) is 0 Å². The monoisotopic (exact) mass is 470 g/mol. The molecular formula is C24H23FN2O5S. The molecule has 0 saturated heterocycles. The summed E-state index contributed by atoms with van der Waals surface area (Å²) < 4.78 is 45.7. The van der Waals surface area contributed by atoms with Gasteiger partial charge in [0, 0.05) is 25.1 Å². The van der Waals surface area contributed by atoms with Crippen LogP contribution in [0.25, 0.3) is 0 Å². The van der Waals surface area contributed by atoms with E-state index in [0.717, 1.165) is 5.56 Å². The maximum atomic E-state index is 12.9. The van der Waals surface area contributed by atoms with Gasteiger partial charge in [-0.05, 0) is 61.0 Å². The number of hydrogen-bond acceptors (Lipinski definition) is 5. The number of halogens is 1. The molecule has 0 radical (unpaired) electrons. The Kier molecular flexibility index (Phi) is 7.92. The first-order valence-corrected chi connectivity index (χ1v) is 11.6. The van der Waals surface area contributed by atoms with Gasteiger partial charge in [-0.25, -0.2) is 17.5 Å². The number of ether oxygens (including phenoxy) is 1. The lowest BCUT2D eigenvalue weighted by atomic mass is 10.2. The third-order valence-electron chi connectivity index (χ3n) is 4.66. The highest BCUT2D eigenvalue weighted by Gasteiger charge is 2.15. The molecular weight excluding hydrogens is 447 g/mol. The Bertz CT molecular complexity index is 1230. The molecule has 0 unspecified atom stereocenters. The number of Topliss-reactive ketones (excluding diaryl/α,β-unsaturated/α-hetero) is 1. The molecule has 3 rings (SSSR count). The molecule has 33 heavy (non-hydrogen) atoms. The molecule has 1 amide bonds. The van der Waals surface area contributed by atoms with Gasteiger partial charge >= 0.3 is 0 Å². The highest BCUT2D eigenvalue weighted by Crippen LogP contribution is 2.21. The van der Waals surface area contributed by atoms with Crippen molar-refractivity contribution in [1.82, 2.24) is 10.0 Å². The number of sulfonamides is 1. The zero-order valence-corrected chi connectivity index (χ0v) is 18.7. The van der Waals surface area contributed by atoms with E-state index in [4.69, 9.17) is 4.74 Å². The molecule has 7 nitrogen and oxygen atoms in total. The summed E-state index contributed by atoms with van der Waals surface area (Å²) in [5, 5.41) is 2.72. The number of rotatable bonds is 10. The molecule has 2 N–H and O–H groups in total. The van der Waals surface area contributed by atoms with Gasteiger partial charge in [0.1, 0.15) is 17.3 Å². The van der Waals surface area contributed by atoms with E-state index < -0.39 is 10.0 Å². The maximum Gasteiger partial charge on any atom is 0.240 e. The second kappa shape index (κ2) is 10.8. The summed E-state index contributed by atoms with van der Waals surface area (Å²) >= 11 is 0. The second-order valence-electron chi connectivity index (χ2n) is 7.21. The minimum Gasteiger partial charge on any atom is -0.457 e. The number of carbonyl (C=O) groups is 2. The molecule has 3 aromatic rings. The maximum absolute atomic E-state index is 12.9. The first kappa shape index (κ1) is 24.1. The van der Waals surface area contributed by atoms with Crippen LogP contribution in [0.4, 0.5) is 4.39 Å². The van der Waals surface area contributed by atoms with Gasteiger partial charge in [0.25, 0.3) is 0 Å². The Morgan fingerprint density at radius 2 is 1.58 bits per heavy atom. The topological polar surface area (TPSA) is 102 Å². The van der Waals surface area contributed by atoms with Crippen molar-refractivity contribution in [3.05, 3.63) is 89.7 Å². The smallest absolute Gasteiger partial charge is 0.240 e. The third-order valence-corrected chi connectivity index (χ3v) is 6.12. The number of carbonyl (C=O) groups excluding carboxylic acids is 2. The van der Waals surface area contributed by atoms with Gasteiger partial charge in [-0.2, -0.15) is 0 Å². The van der Waals surface area contributed by atoms with Crippen LogP contribution in [-0.2, 0) is 21.4 Å². The Labute approximate surface area is 191 Å². The normalized spacial score (nSPS) is 11.1. The van der Waals surface area contributed by atoms with Crippen LogP contribution in [-0.4, -0.2) is 26.7 Å². The molecule has 0 aliphatic rings. The van der Waals surface area contributed by atoms with E-state index in [0.29, 0.717) is 17.1 Å². The van der Waals surface area contributed by atoms with Crippen LogP contribution in [0, 0.1) is 5.82 Å². The predicted octanol–water partition coefficient (Wildman–Crippen LogP) is 3.81. The van der Waals surface area contributed by atoms with E-state index in [2.05, 4.69) is 10.0 Å². The van der Waals surface area contributed by atoms with Gasteiger partial charge < -0.3 is 10.1 Å². The lowest BCUT2D eigenvalue weighted by molar-refractivity contribution is -0.121. The Balaban J connectivity index is 1.44. The van der Waals surface area contributed by atoms with E-state index in [-0.39, 0.29) is 41.9 Å². The molecule has 0 fully saturated rings. The van der Waals surface area contributed by atoms with Gasteiger partial charge in [0.2, 0.25) is 15.9 Å². The van der Waals surface area contributed by atoms with Gasteiger partial charge in [0.15, 0.2) is 5.78 Å². The Hall–Kier alpha value is -3.56. The lowest BCUT2D eigenvalue weighted by Crippen LogP contribution is -2.30. The zero-order chi connectivity index (χ0) is 23.8. The summed E-state index contributed by atoms with van der Waals surface area (Å²) in [7, 11) is -3.83. The number of amides is 1. The van der Waals surface area contributed by atoms with Gasteiger partial charge in [-0.3, -0.25) is 9.59 Å². The van der Waals surface area contributed by atoms with Gasteiger partial charge in [0.05, 0.1) is 4.90 Å². The summed E-state index contributed by atoms with van der Waals surface area (Å²) in [6.45, 7) is 1.54. The molecule has 0 aromatic heterocycles. The Morgan fingerprint density at radius 1 is 0.939 bits per heavy atom. The van der Waals surface area contributed by atoms with Crippen LogP contribution in [0.5, 0.6) is 11.5 Å². The van der Waals surface area contributed by atoms with E-state index >= 15 is 0 Å². The fraction of sp³-hybridized carbons (Fsp3) is 0.167. The Morgan fingerprint density at radius 3 is 2.21 bits per heavy atom. The van der Waals surface area contributed by atoms with Gasteiger partial charge in [-0.15, -0.1) is 0 Å². The quantitative estimate of drug-likeness (QED) is 0.439. The molecule has 9 heteroatoms. The molecule has 0 heterocycles. The van der Waals surface area contributed by atoms with Crippen molar-refractivity contribution in [2.75, 3.05) is 6.54 Å². The van der Waals surface area contributed by atoms with Crippen LogP contribution < -0.4 is 14.8 Å². The minimum absolute atomic E-state index is 0.0291. The minimum atomic E-state index is -3.83. The number of nitrogens with one attached hydrogen (secondary N) is 2. The first-order chi connectivity index (χ1) is 15.7. The molecule has 3 aromatic carbocycles. The third kappa shape index (κ3) is 7.23. The van der Waals surface area contributed by atoms with Crippen LogP contribution in [0.15, 0.2) is 77.7 Å². The predicted molar refractivity (Wildman–Crippen MR) is 121 cm³/mol. The van der Waals surface area contributed by atoms with E-state index in [1.165, 1.54) is 55.5 Å². The number of ketones is 1. The van der Waals surface area contributed by atoms with Crippen molar-refractivity contribution in [3.63, 3.8) is 0 Å². The molecule has 0 spiro atoms. The van der Waals surface area contributed by atoms with Crippen molar-refractivity contribution in [2.45, 2.75) is 24.8 Å². The lowest BCUT2D eigenvalue weighted by Gasteiger charge is -2.09. The zero-order valence-electron chi connectivity index (χ0n) is 17.9. The van der Waals surface area contributed by atoms with Crippen molar-refractivity contribution in [1.29, 1.82) is 0 Å². The van der Waals surface area contributed by atoms with Gasteiger partial charge in [-0.1, -0.05) is 24.3 Å². The van der Waals surface area contributed by atoms with Crippen LogP contribution in [0.3, 0.4) is 0 Å². The SMILES string of the molecule is CC(=O)c1cccc(S(=O)(=O)NCCC(=O)NCc2ccc(Oc3ccc(F)cc3)cc2)c1. The standard InChI is InChI=1S/C24H23FN2O5S/c1-17(28)19-3-2-4-23(15-19)33(30,31)27-14-13-24(29)26-16-18-5-9-21(10-6-18)32-22-11-7-20(25)8-12-22/h2-12,15,27H,13-14,16H2,1H3,(H,26,29). The van der Waals surface area contributed by atoms with Crippen molar-refractivity contribution >= 4 is 21.7 Å². The molecule has 0 atom stereocenters. The molecule has 0 bridgehead atoms. The highest BCUT2D eigenvalue weighted by molar-refractivity contribution is 7.89.